The molecule has 33 heavy (non-hydrogen) atoms. The molecule has 2 aliphatic heterocycles. The predicted octanol–water partition coefficient (Wildman–Crippen LogP) is 4.83. The minimum Gasteiger partial charge on any atom is -0.497 e. The van der Waals surface area contributed by atoms with E-state index in [1.165, 1.54) is 12.1 Å². The van der Waals surface area contributed by atoms with E-state index in [-0.39, 0.29) is 5.91 Å². The number of benzene rings is 3. The lowest BCUT2D eigenvalue weighted by atomic mass is 10.00. The number of nitrogens with one attached hydrogen (secondary N) is 1. The molecule has 2 heterocycles. The SMILES string of the molecule is COc1ccc(CN(C)c2ccc3c(c2)CO/C3=C2/C(=O)Nc3cc(F)ccc32)c(OC)c1. The number of anilines is 2. The van der Waals surface area contributed by atoms with E-state index >= 15 is 0 Å². The second-order valence-electron chi connectivity index (χ2n) is 8.01. The quantitative estimate of drug-likeness (QED) is 0.569. The molecule has 0 spiro atoms. The molecule has 0 radical (unpaired) electrons. The average molecular weight is 446 g/mol. The number of hydrogen-bond donors (Lipinski definition) is 1. The van der Waals surface area contributed by atoms with Gasteiger partial charge >= 0.3 is 0 Å². The number of ether oxygens (including phenoxy) is 3. The average Bonchev–Trinajstić information content (AvgIpc) is 3.37. The molecular formula is C26H23FN2O4. The van der Waals surface area contributed by atoms with Gasteiger partial charge in [-0.25, -0.2) is 4.39 Å². The summed E-state index contributed by atoms with van der Waals surface area (Å²) in [5.74, 6) is 1.35. The molecule has 7 heteroatoms. The summed E-state index contributed by atoms with van der Waals surface area (Å²) in [4.78, 5) is 14.7. The van der Waals surface area contributed by atoms with Crippen molar-refractivity contribution in [3.8, 4) is 11.5 Å². The maximum absolute atomic E-state index is 13.6. The smallest absolute Gasteiger partial charge is 0.260 e. The lowest BCUT2D eigenvalue weighted by Crippen LogP contribution is -2.17. The topological polar surface area (TPSA) is 60.0 Å². The Balaban J connectivity index is 1.44. The highest BCUT2D eigenvalue weighted by Crippen LogP contribution is 2.42. The Labute approximate surface area is 191 Å². The fraction of sp³-hybridized carbons (Fsp3) is 0.192. The minimum atomic E-state index is -0.394. The van der Waals surface area contributed by atoms with E-state index in [0.717, 1.165) is 33.9 Å². The summed E-state index contributed by atoms with van der Waals surface area (Å²) >= 11 is 0. The number of nitrogens with zero attached hydrogens (tertiary/aromatic N) is 1. The van der Waals surface area contributed by atoms with Gasteiger partial charge in [0, 0.05) is 47.6 Å². The van der Waals surface area contributed by atoms with Crippen LogP contribution < -0.4 is 19.7 Å². The molecule has 0 saturated carbocycles. The number of carbonyl (C=O) groups is 1. The standard InChI is InChI=1S/C26H23FN2O4/c1-29(13-15-4-7-19(31-2)12-23(15)32-3)18-6-9-20-16(10-18)14-33-25(20)24-21-8-5-17(27)11-22(21)28-26(24)30/h4-12H,13-14H2,1-3H3,(H,28,30)/b25-24+. The first-order chi connectivity index (χ1) is 16.0. The zero-order chi connectivity index (χ0) is 23.1. The van der Waals surface area contributed by atoms with E-state index in [1.54, 1.807) is 20.3 Å². The Morgan fingerprint density at radius 1 is 1.03 bits per heavy atom. The molecule has 2 aliphatic rings. The van der Waals surface area contributed by atoms with Crippen LogP contribution in [-0.4, -0.2) is 27.2 Å². The van der Waals surface area contributed by atoms with Crippen molar-refractivity contribution in [3.05, 3.63) is 82.7 Å². The van der Waals surface area contributed by atoms with Gasteiger partial charge in [-0.05, 0) is 48.5 Å². The summed E-state index contributed by atoms with van der Waals surface area (Å²) < 4.78 is 30.3. The first kappa shape index (κ1) is 20.9. The molecule has 3 aromatic rings. The van der Waals surface area contributed by atoms with Crippen LogP contribution in [0.2, 0.25) is 0 Å². The third-order valence-corrected chi connectivity index (χ3v) is 6.00. The molecule has 1 N–H and O–H groups in total. The zero-order valence-electron chi connectivity index (χ0n) is 18.6. The van der Waals surface area contributed by atoms with Gasteiger partial charge in [0.05, 0.1) is 25.5 Å². The van der Waals surface area contributed by atoms with Crippen LogP contribution in [0.25, 0.3) is 11.3 Å². The van der Waals surface area contributed by atoms with Gasteiger partial charge in [-0.15, -0.1) is 0 Å². The third kappa shape index (κ3) is 3.65. The van der Waals surface area contributed by atoms with Crippen molar-refractivity contribution in [2.75, 3.05) is 31.5 Å². The molecule has 168 valence electrons. The van der Waals surface area contributed by atoms with Crippen molar-refractivity contribution in [2.45, 2.75) is 13.2 Å². The number of amides is 1. The number of rotatable bonds is 5. The maximum atomic E-state index is 13.6. The Bertz CT molecular complexity index is 1300. The van der Waals surface area contributed by atoms with E-state index < -0.39 is 5.82 Å². The van der Waals surface area contributed by atoms with E-state index in [0.29, 0.717) is 35.7 Å². The van der Waals surface area contributed by atoms with E-state index in [4.69, 9.17) is 14.2 Å². The van der Waals surface area contributed by atoms with E-state index in [9.17, 15) is 9.18 Å². The van der Waals surface area contributed by atoms with Crippen molar-refractivity contribution in [1.82, 2.24) is 0 Å². The lowest BCUT2D eigenvalue weighted by Gasteiger charge is -2.21. The summed E-state index contributed by atoms with van der Waals surface area (Å²) in [7, 11) is 5.28. The molecule has 0 unspecified atom stereocenters. The van der Waals surface area contributed by atoms with Gasteiger partial charge in [-0.3, -0.25) is 4.79 Å². The Morgan fingerprint density at radius 2 is 1.85 bits per heavy atom. The molecule has 0 bridgehead atoms. The first-order valence-electron chi connectivity index (χ1n) is 10.5. The van der Waals surface area contributed by atoms with Crippen molar-refractivity contribution in [1.29, 1.82) is 0 Å². The van der Waals surface area contributed by atoms with Crippen LogP contribution in [0.1, 0.15) is 22.3 Å². The largest absolute Gasteiger partial charge is 0.497 e. The van der Waals surface area contributed by atoms with Gasteiger partial charge in [0.2, 0.25) is 0 Å². The molecular weight excluding hydrogens is 423 g/mol. The fourth-order valence-corrected chi connectivity index (χ4v) is 4.29. The lowest BCUT2D eigenvalue weighted by molar-refractivity contribution is -0.110. The molecule has 6 nitrogen and oxygen atoms in total. The van der Waals surface area contributed by atoms with E-state index in [2.05, 4.69) is 16.3 Å². The third-order valence-electron chi connectivity index (χ3n) is 6.00. The number of halogens is 1. The van der Waals surface area contributed by atoms with Crippen molar-refractivity contribution in [3.63, 3.8) is 0 Å². The predicted molar refractivity (Wildman–Crippen MR) is 125 cm³/mol. The van der Waals surface area contributed by atoms with Crippen LogP contribution in [0, 0.1) is 5.82 Å². The molecule has 0 fully saturated rings. The van der Waals surface area contributed by atoms with Crippen molar-refractivity contribution >= 4 is 28.6 Å². The molecule has 0 aromatic heterocycles. The monoisotopic (exact) mass is 446 g/mol. The highest BCUT2D eigenvalue weighted by Gasteiger charge is 2.32. The summed E-state index contributed by atoms with van der Waals surface area (Å²) in [6, 6.07) is 16.1. The Hall–Kier alpha value is -4.00. The number of fused-ring (bicyclic) bond motifs is 2. The summed E-state index contributed by atoms with van der Waals surface area (Å²) in [5, 5.41) is 2.73. The Kier molecular flexibility index (Phi) is 5.17. The summed E-state index contributed by atoms with van der Waals surface area (Å²) in [5.41, 5.74) is 5.46. The molecule has 0 aliphatic carbocycles. The number of hydrogen-bond acceptors (Lipinski definition) is 5. The number of carbonyl (C=O) groups excluding carboxylic acids is 1. The molecule has 3 aromatic carbocycles. The molecule has 0 atom stereocenters. The highest BCUT2D eigenvalue weighted by molar-refractivity contribution is 6.36. The minimum absolute atomic E-state index is 0.286. The fourth-order valence-electron chi connectivity index (χ4n) is 4.29. The summed E-state index contributed by atoms with van der Waals surface area (Å²) in [6.07, 6.45) is 0. The van der Waals surface area contributed by atoms with Crippen LogP contribution in [0.5, 0.6) is 11.5 Å². The van der Waals surface area contributed by atoms with Gasteiger partial charge in [0.25, 0.3) is 5.91 Å². The van der Waals surface area contributed by atoms with Crippen LogP contribution in [-0.2, 0) is 22.7 Å². The molecule has 0 saturated heterocycles. The highest BCUT2D eigenvalue weighted by atomic mass is 19.1. The first-order valence-corrected chi connectivity index (χ1v) is 10.5. The van der Waals surface area contributed by atoms with Gasteiger partial charge < -0.3 is 24.4 Å². The van der Waals surface area contributed by atoms with E-state index in [1.807, 2.05) is 37.4 Å². The van der Waals surface area contributed by atoms with Crippen molar-refractivity contribution < 1.29 is 23.4 Å². The maximum Gasteiger partial charge on any atom is 0.260 e. The van der Waals surface area contributed by atoms with Gasteiger partial charge in [-0.1, -0.05) is 0 Å². The number of methoxy groups -OCH3 is 2. The van der Waals surface area contributed by atoms with Crippen LogP contribution in [0.4, 0.5) is 15.8 Å². The van der Waals surface area contributed by atoms with Crippen LogP contribution in [0.3, 0.4) is 0 Å². The van der Waals surface area contributed by atoms with Gasteiger partial charge in [0.1, 0.15) is 29.7 Å². The molecule has 5 rings (SSSR count). The van der Waals surface area contributed by atoms with Crippen molar-refractivity contribution in [2.24, 2.45) is 0 Å². The zero-order valence-corrected chi connectivity index (χ0v) is 18.6. The van der Waals surface area contributed by atoms with Gasteiger partial charge in [0.15, 0.2) is 0 Å². The second-order valence-corrected chi connectivity index (χ2v) is 8.01. The Morgan fingerprint density at radius 3 is 2.64 bits per heavy atom. The van der Waals surface area contributed by atoms with Crippen LogP contribution in [0.15, 0.2) is 54.6 Å². The second kappa shape index (κ2) is 8.16. The van der Waals surface area contributed by atoms with Crippen LogP contribution >= 0.6 is 0 Å². The van der Waals surface area contributed by atoms with Gasteiger partial charge in [-0.2, -0.15) is 0 Å². The molecule has 1 amide bonds. The normalized spacial score (nSPS) is 16.1. The summed E-state index contributed by atoms with van der Waals surface area (Å²) in [6.45, 7) is 1.01.